The molecule has 4 rings (SSSR count). The van der Waals surface area contributed by atoms with Crippen molar-refractivity contribution in [2.75, 3.05) is 23.7 Å². The summed E-state index contributed by atoms with van der Waals surface area (Å²) in [6, 6.07) is 11.0. The third kappa shape index (κ3) is 4.54. The normalized spacial score (nSPS) is 22.9. The highest BCUT2D eigenvalue weighted by Gasteiger charge is 2.46. The van der Waals surface area contributed by atoms with Crippen LogP contribution in [0.25, 0.3) is 0 Å². The zero-order valence-corrected chi connectivity index (χ0v) is 17.9. The van der Waals surface area contributed by atoms with E-state index in [0.717, 1.165) is 12.2 Å². The fraction of sp³-hybridized carbons (Fsp3) is 0.409. The van der Waals surface area contributed by atoms with E-state index in [1.807, 2.05) is 6.07 Å². The number of rotatable bonds is 5. The largest absolute Gasteiger partial charge is 0.347 e. The summed E-state index contributed by atoms with van der Waals surface area (Å²) in [6.07, 6.45) is 2.43. The Bertz CT molecular complexity index is 1110. The molecule has 1 aromatic carbocycles. The topological polar surface area (TPSA) is 94.4 Å². The van der Waals surface area contributed by atoms with Gasteiger partial charge in [0.25, 0.3) is 0 Å². The summed E-state index contributed by atoms with van der Waals surface area (Å²) in [4.78, 5) is 21.1. The molecule has 2 aliphatic heterocycles. The molecule has 1 amide bonds. The van der Waals surface area contributed by atoms with Crippen LogP contribution in [0.1, 0.15) is 24.5 Å². The quantitative estimate of drug-likeness (QED) is 0.704. The van der Waals surface area contributed by atoms with Gasteiger partial charge in [0.05, 0.1) is 17.4 Å². The molecule has 2 aromatic rings. The molecule has 0 N–H and O–H groups in total. The standard InChI is InChI=1S/C22H23FN4O3S/c1-15-8-19-11-26(12-20(15)27(19)21-7-4-17(9-24)10-25-21)22(28)14-31(29,30)13-16-2-5-18(23)6-3-16/h2-7,10,15,19-20H,8,11-14H2,1H3/t15-,19?,20?/m0/s1. The molecule has 2 saturated heterocycles. The van der Waals surface area contributed by atoms with Crippen LogP contribution in [0.5, 0.6) is 0 Å². The van der Waals surface area contributed by atoms with Crippen molar-refractivity contribution in [3.05, 3.63) is 59.5 Å². The first-order valence-electron chi connectivity index (χ1n) is 10.1. The smallest absolute Gasteiger partial charge is 0.237 e. The summed E-state index contributed by atoms with van der Waals surface area (Å²) in [6.45, 7) is 3.00. The minimum Gasteiger partial charge on any atom is -0.347 e. The number of halogens is 1. The van der Waals surface area contributed by atoms with Gasteiger partial charge in [-0.25, -0.2) is 17.8 Å². The number of likely N-dealkylation sites (tertiary alicyclic amines) is 1. The Morgan fingerprint density at radius 2 is 1.97 bits per heavy atom. The average molecular weight is 443 g/mol. The lowest BCUT2D eigenvalue weighted by molar-refractivity contribution is -0.129. The molecule has 31 heavy (non-hydrogen) atoms. The first-order chi connectivity index (χ1) is 14.8. The summed E-state index contributed by atoms with van der Waals surface area (Å²) >= 11 is 0. The molecule has 0 aliphatic carbocycles. The van der Waals surface area contributed by atoms with E-state index in [-0.39, 0.29) is 17.8 Å². The third-order valence-corrected chi connectivity index (χ3v) is 7.49. The first-order valence-corrected chi connectivity index (χ1v) is 11.9. The molecular formula is C22H23FN4O3S. The first kappa shape index (κ1) is 21.2. The summed E-state index contributed by atoms with van der Waals surface area (Å²) in [7, 11) is -3.67. The van der Waals surface area contributed by atoms with Crippen molar-refractivity contribution in [3.8, 4) is 6.07 Å². The summed E-state index contributed by atoms with van der Waals surface area (Å²) in [5, 5.41) is 8.98. The van der Waals surface area contributed by atoms with Crippen LogP contribution in [-0.2, 0) is 20.4 Å². The maximum absolute atomic E-state index is 13.0. The van der Waals surface area contributed by atoms with Gasteiger partial charge in [-0.2, -0.15) is 5.26 Å². The lowest BCUT2D eigenvalue weighted by Gasteiger charge is -2.42. The second kappa shape index (κ2) is 8.27. The fourth-order valence-corrected chi connectivity index (χ4v) is 5.92. The molecule has 7 nitrogen and oxygen atoms in total. The number of aromatic nitrogens is 1. The molecule has 2 fully saturated rings. The molecule has 0 saturated carbocycles. The van der Waals surface area contributed by atoms with Crippen LogP contribution in [0.15, 0.2) is 42.6 Å². The van der Waals surface area contributed by atoms with Crippen LogP contribution in [0.4, 0.5) is 10.2 Å². The molecule has 2 unspecified atom stereocenters. The van der Waals surface area contributed by atoms with Crippen LogP contribution in [0.2, 0.25) is 0 Å². The van der Waals surface area contributed by atoms with Gasteiger partial charge in [0.15, 0.2) is 9.84 Å². The summed E-state index contributed by atoms with van der Waals surface area (Å²) < 4.78 is 38.1. The van der Waals surface area contributed by atoms with Gasteiger partial charge in [-0.1, -0.05) is 19.1 Å². The number of piperazine rings is 1. The van der Waals surface area contributed by atoms with Gasteiger partial charge in [-0.15, -0.1) is 0 Å². The van der Waals surface area contributed by atoms with Crippen molar-refractivity contribution < 1.29 is 17.6 Å². The SMILES string of the molecule is C[C@H]1CC2CN(C(=O)CS(=O)(=O)Cc3ccc(F)cc3)CC1N2c1ccc(C#N)cn1. The number of benzene rings is 1. The predicted molar refractivity (Wildman–Crippen MR) is 113 cm³/mol. The van der Waals surface area contributed by atoms with Gasteiger partial charge in [0.1, 0.15) is 23.5 Å². The highest BCUT2D eigenvalue weighted by Crippen LogP contribution is 2.37. The Balaban J connectivity index is 1.44. The number of nitrogens with zero attached hydrogens (tertiary/aromatic N) is 4. The highest BCUT2D eigenvalue weighted by atomic mass is 32.2. The van der Waals surface area contributed by atoms with Crippen molar-refractivity contribution in [3.63, 3.8) is 0 Å². The van der Waals surface area contributed by atoms with Crippen LogP contribution in [0, 0.1) is 23.1 Å². The molecule has 162 valence electrons. The number of pyridine rings is 1. The number of hydrogen-bond donors (Lipinski definition) is 0. The average Bonchev–Trinajstić information content (AvgIpc) is 2.93. The third-order valence-electron chi connectivity index (χ3n) is 6.03. The molecule has 0 radical (unpaired) electrons. The molecule has 9 heteroatoms. The van der Waals surface area contributed by atoms with E-state index in [9.17, 15) is 17.6 Å². The second-order valence-electron chi connectivity index (χ2n) is 8.32. The number of hydrogen-bond acceptors (Lipinski definition) is 6. The number of carbonyl (C=O) groups excluding carboxylic acids is 1. The molecule has 3 atom stereocenters. The Hall–Kier alpha value is -2.99. The Morgan fingerprint density at radius 1 is 1.23 bits per heavy atom. The zero-order chi connectivity index (χ0) is 22.2. The van der Waals surface area contributed by atoms with E-state index < -0.39 is 27.3 Å². The Morgan fingerprint density at radius 3 is 2.58 bits per heavy atom. The van der Waals surface area contributed by atoms with Crippen LogP contribution >= 0.6 is 0 Å². The zero-order valence-electron chi connectivity index (χ0n) is 17.1. The van der Waals surface area contributed by atoms with E-state index in [0.29, 0.717) is 30.1 Å². The number of carbonyl (C=O) groups is 1. The van der Waals surface area contributed by atoms with Crippen LogP contribution in [-0.4, -0.2) is 55.1 Å². The van der Waals surface area contributed by atoms with Gasteiger partial charge in [-0.3, -0.25) is 4.79 Å². The van der Waals surface area contributed by atoms with Crippen LogP contribution in [0.3, 0.4) is 0 Å². The van der Waals surface area contributed by atoms with Gasteiger partial charge in [-0.05, 0) is 42.2 Å². The lowest BCUT2D eigenvalue weighted by atomic mass is 10.0. The Labute approximate surface area is 181 Å². The van der Waals surface area contributed by atoms with Gasteiger partial charge >= 0.3 is 0 Å². The molecule has 2 aliphatic rings. The lowest BCUT2D eigenvalue weighted by Crippen LogP contribution is -2.57. The van der Waals surface area contributed by atoms with Crippen molar-refractivity contribution in [1.82, 2.24) is 9.88 Å². The van der Waals surface area contributed by atoms with E-state index in [2.05, 4.69) is 22.9 Å². The number of amides is 1. The van der Waals surface area contributed by atoms with Gasteiger partial charge in [0, 0.05) is 25.3 Å². The number of sulfone groups is 1. The maximum Gasteiger partial charge on any atom is 0.237 e. The Kier molecular flexibility index (Phi) is 5.67. The minimum atomic E-state index is -3.67. The monoisotopic (exact) mass is 442 g/mol. The fourth-order valence-electron chi connectivity index (χ4n) is 4.56. The van der Waals surface area contributed by atoms with Crippen molar-refractivity contribution in [2.24, 2.45) is 5.92 Å². The summed E-state index contributed by atoms with van der Waals surface area (Å²) in [5.74, 6) is -0.592. The molecular weight excluding hydrogens is 419 g/mol. The second-order valence-corrected chi connectivity index (χ2v) is 10.4. The van der Waals surface area contributed by atoms with Crippen molar-refractivity contribution in [2.45, 2.75) is 31.2 Å². The summed E-state index contributed by atoms with van der Waals surface area (Å²) in [5.41, 5.74) is 0.948. The van der Waals surface area contributed by atoms with Gasteiger partial charge in [0.2, 0.25) is 5.91 Å². The van der Waals surface area contributed by atoms with Crippen molar-refractivity contribution in [1.29, 1.82) is 5.26 Å². The maximum atomic E-state index is 13.0. The molecule has 1 aromatic heterocycles. The predicted octanol–water partition coefficient (Wildman–Crippen LogP) is 2.13. The number of fused-ring (bicyclic) bond motifs is 2. The van der Waals surface area contributed by atoms with Crippen molar-refractivity contribution >= 4 is 21.6 Å². The molecule has 2 bridgehead atoms. The minimum absolute atomic E-state index is 0.0444. The molecule has 0 spiro atoms. The number of nitriles is 1. The van der Waals surface area contributed by atoms with E-state index in [4.69, 9.17) is 5.26 Å². The van der Waals surface area contributed by atoms with Crippen LogP contribution < -0.4 is 4.90 Å². The van der Waals surface area contributed by atoms with E-state index in [1.165, 1.54) is 24.3 Å². The van der Waals surface area contributed by atoms with E-state index in [1.54, 1.807) is 17.2 Å². The van der Waals surface area contributed by atoms with E-state index >= 15 is 0 Å². The number of anilines is 1. The highest BCUT2D eigenvalue weighted by molar-refractivity contribution is 7.91. The molecule has 3 heterocycles. The van der Waals surface area contributed by atoms with Gasteiger partial charge < -0.3 is 9.80 Å².